The second kappa shape index (κ2) is 7.94. The average molecular weight is 381 g/mol. The molecule has 1 heterocycles. The molecule has 0 aliphatic carbocycles. The van der Waals surface area contributed by atoms with E-state index in [2.05, 4.69) is 10.6 Å². The van der Waals surface area contributed by atoms with Gasteiger partial charge in [0, 0.05) is 0 Å². The SMILES string of the molecule is CCOC(=O)C1=C(C[Se]C(C)=O)NC(=O)NC1c1ccccc1. The maximum atomic E-state index is 12.4. The Morgan fingerprint density at radius 3 is 2.57 bits per heavy atom. The Balaban J connectivity index is 2.44. The van der Waals surface area contributed by atoms with Crippen LogP contribution in [0.4, 0.5) is 4.79 Å². The van der Waals surface area contributed by atoms with E-state index in [0.29, 0.717) is 16.6 Å². The number of benzene rings is 1. The van der Waals surface area contributed by atoms with Crippen LogP contribution in [0, 0.1) is 0 Å². The Hall–Kier alpha value is -2.11. The topological polar surface area (TPSA) is 84.5 Å². The van der Waals surface area contributed by atoms with E-state index < -0.39 is 12.0 Å². The van der Waals surface area contributed by atoms with Crippen LogP contribution in [-0.2, 0) is 14.3 Å². The number of ether oxygens (including phenoxy) is 1. The van der Waals surface area contributed by atoms with Crippen molar-refractivity contribution in [1.82, 2.24) is 10.6 Å². The van der Waals surface area contributed by atoms with Crippen LogP contribution in [0.5, 0.6) is 0 Å². The molecule has 0 spiro atoms. The molecular formula is C16H18N2O4Se. The van der Waals surface area contributed by atoms with Gasteiger partial charge in [0.25, 0.3) is 0 Å². The number of allylic oxidation sites excluding steroid dienone is 1. The number of nitrogens with one attached hydrogen (secondary N) is 2. The van der Waals surface area contributed by atoms with Crippen LogP contribution in [0.15, 0.2) is 41.6 Å². The number of esters is 1. The van der Waals surface area contributed by atoms with E-state index >= 15 is 0 Å². The zero-order valence-corrected chi connectivity index (χ0v) is 14.6. The molecule has 7 heteroatoms. The summed E-state index contributed by atoms with van der Waals surface area (Å²) in [7, 11) is 0. The van der Waals surface area contributed by atoms with Gasteiger partial charge in [-0.1, -0.05) is 0 Å². The summed E-state index contributed by atoms with van der Waals surface area (Å²) >= 11 is -0.334. The van der Waals surface area contributed by atoms with Gasteiger partial charge >= 0.3 is 140 Å². The van der Waals surface area contributed by atoms with Crippen molar-refractivity contribution in [2.24, 2.45) is 0 Å². The van der Waals surface area contributed by atoms with E-state index in [1.807, 2.05) is 30.3 Å². The molecule has 1 aromatic rings. The van der Waals surface area contributed by atoms with Gasteiger partial charge in [0.05, 0.1) is 0 Å². The van der Waals surface area contributed by atoms with Gasteiger partial charge in [-0.25, -0.2) is 0 Å². The second-order valence-electron chi connectivity index (χ2n) is 4.84. The maximum absolute atomic E-state index is 12.4. The summed E-state index contributed by atoms with van der Waals surface area (Å²) in [5.74, 6) is -0.483. The Morgan fingerprint density at radius 1 is 1.26 bits per heavy atom. The first-order valence-corrected chi connectivity index (χ1v) is 9.25. The number of hydrogen-bond donors (Lipinski definition) is 2. The molecule has 1 unspecified atom stereocenters. The molecule has 6 nitrogen and oxygen atoms in total. The summed E-state index contributed by atoms with van der Waals surface area (Å²) in [5.41, 5.74) is 1.62. The van der Waals surface area contributed by atoms with Crippen molar-refractivity contribution >= 4 is 31.6 Å². The predicted molar refractivity (Wildman–Crippen MR) is 85.8 cm³/mol. The van der Waals surface area contributed by atoms with E-state index in [1.54, 1.807) is 6.92 Å². The molecule has 0 aromatic heterocycles. The van der Waals surface area contributed by atoms with Gasteiger partial charge in [0.15, 0.2) is 0 Å². The molecule has 2 rings (SSSR count). The van der Waals surface area contributed by atoms with Gasteiger partial charge in [-0.3, -0.25) is 0 Å². The third-order valence-electron chi connectivity index (χ3n) is 3.20. The van der Waals surface area contributed by atoms with Crippen LogP contribution in [0.1, 0.15) is 25.5 Å². The van der Waals surface area contributed by atoms with Crippen molar-refractivity contribution in [3.8, 4) is 0 Å². The van der Waals surface area contributed by atoms with Crippen molar-refractivity contribution in [2.75, 3.05) is 6.61 Å². The molecule has 2 amide bonds. The number of carbonyl (C=O) groups is 3. The average Bonchev–Trinajstić information content (AvgIpc) is 2.53. The summed E-state index contributed by atoms with van der Waals surface area (Å²) in [5, 5.41) is 5.76. The first-order chi connectivity index (χ1) is 11.0. The first kappa shape index (κ1) is 17.2. The first-order valence-electron chi connectivity index (χ1n) is 7.19. The molecule has 0 radical (unpaired) electrons. The fourth-order valence-electron chi connectivity index (χ4n) is 2.25. The Labute approximate surface area is 140 Å². The van der Waals surface area contributed by atoms with Crippen molar-refractivity contribution < 1.29 is 19.1 Å². The number of hydrogen-bond acceptors (Lipinski definition) is 4. The fraction of sp³-hybridized carbons (Fsp3) is 0.312. The Morgan fingerprint density at radius 2 is 1.96 bits per heavy atom. The summed E-state index contributed by atoms with van der Waals surface area (Å²) in [6.45, 7) is 3.47. The minimum atomic E-state index is -0.582. The van der Waals surface area contributed by atoms with E-state index in [1.165, 1.54) is 6.92 Å². The molecule has 0 fully saturated rings. The van der Waals surface area contributed by atoms with Crippen LogP contribution in [0.2, 0.25) is 5.32 Å². The van der Waals surface area contributed by atoms with Crippen molar-refractivity contribution in [3.63, 3.8) is 0 Å². The Bertz CT molecular complexity index is 643. The van der Waals surface area contributed by atoms with Gasteiger partial charge in [0.1, 0.15) is 0 Å². The zero-order valence-electron chi connectivity index (χ0n) is 12.9. The van der Waals surface area contributed by atoms with Crippen LogP contribution in [0.25, 0.3) is 0 Å². The molecule has 1 aliphatic rings. The molecule has 23 heavy (non-hydrogen) atoms. The number of urea groups is 1. The van der Waals surface area contributed by atoms with Crippen LogP contribution in [0.3, 0.4) is 0 Å². The van der Waals surface area contributed by atoms with Crippen LogP contribution in [-0.4, -0.2) is 38.2 Å². The molecule has 1 aromatic carbocycles. The minimum absolute atomic E-state index is 0.0530. The standard InChI is InChI=1S/C16H18N2O4Se/c1-3-22-15(20)13-12(9-23-10(2)19)17-16(21)18-14(13)11-7-5-4-6-8-11/h4-8,14H,3,9H2,1-2H3,(H2,17,18,21). The Kier molecular flexibility index (Phi) is 5.96. The molecule has 0 saturated carbocycles. The molecule has 2 N–H and O–H groups in total. The van der Waals surface area contributed by atoms with E-state index in [-0.39, 0.29) is 32.3 Å². The van der Waals surface area contributed by atoms with Crippen molar-refractivity contribution in [2.45, 2.75) is 25.2 Å². The zero-order chi connectivity index (χ0) is 16.8. The van der Waals surface area contributed by atoms with Crippen molar-refractivity contribution in [3.05, 3.63) is 47.2 Å². The third-order valence-corrected chi connectivity index (χ3v) is 4.96. The molecule has 122 valence electrons. The van der Waals surface area contributed by atoms with Crippen LogP contribution < -0.4 is 10.6 Å². The van der Waals surface area contributed by atoms with E-state index in [0.717, 1.165) is 5.56 Å². The summed E-state index contributed by atoms with van der Waals surface area (Å²) in [4.78, 5) is 35.6. The van der Waals surface area contributed by atoms with Gasteiger partial charge < -0.3 is 0 Å². The number of amides is 2. The summed E-state index contributed by atoms with van der Waals surface area (Å²) in [6, 6.07) is 8.24. The number of rotatable bonds is 6. The van der Waals surface area contributed by atoms with Crippen molar-refractivity contribution in [1.29, 1.82) is 0 Å². The van der Waals surface area contributed by atoms with E-state index in [4.69, 9.17) is 4.74 Å². The van der Waals surface area contributed by atoms with Gasteiger partial charge in [-0.05, 0) is 0 Å². The van der Waals surface area contributed by atoms with Gasteiger partial charge in [-0.15, -0.1) is 0 Å². The van der Waals surface area contributed by atoms with E-state index in [9.17, 15) is 14.4 Å². The monoisotopic (exact) mass is 382 g/mol. The number of carbonyl (C=O) groups excluding carboxylic acids is 3. The van der Waals surface area contributed by atoms with Crippen LogP contribution >= 0.6 is 0 Å². The predicted octanol–water partition coefficient (Wildman–Crippen LogP) is 1.53. The quantitative estimate of drug-likeness (QED) is 0.578. The molecular weight excluding hydrogens is 363 g/mol. The molecule has 1 atom stereocenters. The fourth-order valence-corrected chi connectivity index (χ4v) is 3.46. The summed E-state index contributed by atoms with van der Waals surface area (Å²) < 4.78 is 5.19. The molecule has 1 aliphatic heterocycles. The molecule has 0 saturated heterocycles. The third kappa shape index (κ3) is 4.43. The second-order valence-corrected chi connectivity index (χ2v) is 7.25. The summed E-state index contributed by atoms with van der Waals surface area (Å²) in [6.07, 6.45) is 0. The van der Waals surface area contributed by atoms with Gasteiger partial charge in [-0.2, -0.15) is 0 Å². The molecule has 0 bridgehead atoms. The normalized spacial score (nSPS) is 17.3. The van der Waals surface area contributed by atoms with Gasteiger partial charge in [0.2, 0.25) is 0 Å².